The van der Waals surface area contributed by atoms with Crippen LogP contribution < -0.4 is 0 Å². The van der Waals surface area contributed by atoms with E-state index in [1.165, 1.54) is 22.5 Å². The number of sulfonamides is 1. The number of aliphatic hydroxyl groups is 1. The zero-order chi connectivity index (χ0) is 13.9. The molecule has 0 aliphatic rings. The fourth-order valence-electron chi connectivity index (χ4n) is 1.53. The topological polar surface area (TPSA) is 57.6 Å². The number of hydrogen-bond acceptors (Lipinski definition) is 3. The Balaban J connectivity index is 3.22. The van der Waals surface area contributed by atoms with Gasteiger partial charge in [-0.2, -0.15) is 4.31 Å². The average Bonchev–Trinajstić information content (AvgIpc) is 2.28. The Morgan fingerprint density at radius 3 is 2.33 bits per heavy atom. The summed E-state index contributed by atoms with van der Waals surface area (Å²) in [7, 11) is -3.67. The van der Waals surface area contributed by atoms with Crippen molar-refractivity contribution in [2.75, 3.05) is 13.2 Å². The Bertz CT molecular complexity index is 517. The minimum Gasteiger partial charge on any atom is -0.395 e. The summed E-state index contributed by atoms with van der Waals surface area (Å²) in [6.07, 6.45) is 0. The zero-order valence-corrected chi connectivity index (χ0v) is 12.4. The molecular formula is C11H15Cl2NO3S. The molecule has 0 unspecified atom stereocenters. The predicted octanol–water partition coefficient (Wildman–Crippen LogP) is 2.38. The molecule has 0 aromatic heterocycles. The molecule has 0 bridgehead atoms. The van der Waals surface area contributed by atoms with Gasteiger partial charge in [0.1, 0.15) is 0 Å². The fraction of sp³-hybridized carbons (Fsp3) is 0.455. The standard InChI is InChI=1S/C11H15Cl2NO3S/c1-8(2)14(5-6-15)18(16,17)9-3-4-10(12)11(13)7-9/h3-4,7-8,15H,5-6H2,1-2H3. The first-order valence-corrected chi connectivity index (χ1v) is 7.58. The molecule has 1 aromatic rings. The number of benzene rings is 1. The number of rotatable bonds is 5. The van der Waals surface area contributed by atoms with Crippen LogP contribution >= 0.6 is 23.2 Å². The summed E-state index contributed by atoms with van der Waals surface area (Å²) in [5.41, 5.74) is 0. The molecule has 1 rings (SSSR count). The van der Waals surface area contributed by atoms with Crippen molar-refractivity contribution in [1.82, 2.24) is 4.31 Å². The number of hydrogen-bond donors (Lipinski definition) is 1. The highest BCUT2D eigenvalue weighted by molar-refractivity contribution is 7.89. The van der Waals surface area contributed by atoms with Crippen molar-refractivity contribution in [1.29, 1.82) is 0 Å². The van der Waals surface area contributed by atoms with Crippen LogP contribution in [0.1, 0.15) is 13.8 Å². The van der Waals surface area contributed by atoms with Crippen LogP contribution in [0.25, 0.3) is 0 Å². The van der Waals surface area contributed by atoms with Crippen molar-refractivity contribution in [2.45, 2.75) is 24.8 Å². The van der Waals surface area contributed by atoms with Crippen molar-refractivity contribution in [3.63, 3.8) is 0 Å². The predicted molar refractivity (Wildman–Crippen MR) is 72.6 cm³/mol. The fourth-order valence-corrected chi connectivity index (χ4v) is 3.54. The van der Waals surface area contributed by atoms with Gasteiger partial charge in [0.15, 0.2) is 0 Å². The quantitative estimate of drug-likeness (QED) is 0.908. The zero-order valence-electron chi connectivity index (χ0n) is 10.1. The molecule has 1 N–H and O–H groups in total. The lowest BCUT2D eigenvalue weighted by molar-refractivity contribution is 0.236. The third-order valence-electron chi connectivity index (χ3n) is 2.39. The van der Waals surface area contributed by atoms with Gasteiger partial charge < -0.3 is 5.11 Å². The van der Waals surface area contributed by atoms with Crippen LogP contribution in [-0.2, 0) is 10.0 Å². The van der Waals surface area contributed by atoms with E-state index in [4.69, 9.17) is 28.3 Å². The van der Waals surface area contributed by atoms with Gasteiger partial charge in [0.05, 0.1) is 21.5 Å². The summed E-state index contributed by atoms with van der Waals surface area (Å²) in [6, 6.07) is 3.90. The Kier molecular flexibility index (Phi) is 5.43. The summed E-state index contributed by atoms with van der Waals surface area (Å²) in [5.74, 6) is 0. The van der Waals surface area contributed by atoms with Crippen LogP contribution in [0.4, 0.5) is 0 Å². The third kappa shape index (κ3) is 3.36. The molecule has 0 saturated carbocycles. The van der Waals surface area contributed by atoms with Crippen LogP contribution in [-0.4, -0.2) is 37.0 Å². The molecule has 1 aromatic carbocycles. The van der Waals surface area contributed by atoms with Gasteiger partial charge in [-0.05, 0) is 32.0 Å². The highest BCUT2D eigenvalue weighted by Gasteiger charge is 2.26. The van der Waals surface area contributed by atoms with Crippen LogP contribution in [0, 0.1) is 0 Å². The first-order valence-electron chi connectivity index (χ1n) is 5.38. The van der Waals surface area contributed by atoms with Crippen molar-refractivity contribution >= 4 is 33.2 Å². The van der Waals surface area contributed by atoms with Gasteiger partial charge in [0.2, 0.25) is 10.0 Å². The number of nitrogens with zero attached hydrogens (tertiary/aromatic N) is 1. The number of halogens is 2. The van der Waals surface area contributed by atoms with Gasteiger partial charge in [0, 0.05) is 12.6 Å². The van der Waals surface area contributed by atoms with E-state index in [1.807, 2.05) is 0 Å². The largest absolute Gasteiger partial charge is 0.395 e. The molecule has 0 fully saturated rings. The molecule has 0 heterocycles. The van der Waals surface area contributed by atoms with Crippen LogP contribution in [0.15, 0.2) is 23.1 Å². The van der Waals surface area contributed by atoms with Gasteiger partial charge in [0.25, 0.3) is 0 Å². The Morgan fingerprint density at radius 2 is 1.89 bits per heavy atom. The van der Waals surface area contributed by atoms with Gasteiger partial charge in [-0.3, -0.25) is 0 Å². The van der Waals surface area contributed by atoms with E-state index in [9.17, 15) is 8.42 Å². The lowest BCUT2D eigenvalue weighted by Crippen LogP contribution is -2.38. The molecule has 0 aliphatic heterocycles. The van der Waals surface area contributed by atoms with E-state index in [1.54, 1.807) is 13.8 Å². The van der Waals surface area contributed by atoms with E-state index in [2.05, 4.69) is 0 Å². The lowest BCUT2D eigenvalue weighted by atomic mass is 10.4. The second kappa shape index (κ2) is 6.21. The summed E-state index contributed by atoms with van der Waals surface area (Å²) >= 11 is 11.6. The Morgan fingerprint density at radius 1 is 1.28 bits per heavy atom. The average molecular weight is 312 g/mol. The molecule has 7 heteroatoms. The molecule has 0 aliphatic carbocycles. The van der Waals surface area contributed by atoms with E-state index < -0.39 is 10.0 Å². The van der Waals surface area contributed by atoms with Gasteiger partial charge in [-0.25, -0.2) is 8.42 Å². The molecule has 0 radical (unpaired) electrons. The molecule has 0 amide bonds. The van der Waals surface area contributed by atoms with Crippen molar-refractivity contribution in [2.24, 2.45) is 0 Å². The summed E-state index contributed by atoms with van der Waals surface area (Å²) in [4.78, 5) is 0.0686. The van der Waals surface area contributed by atoms with E-state index in [-0.39, 0.29) is 29.1 Å². The molecule has 102 valence electrons. The van der Waals surface area contributed by atoms with E-state index in [0.717, 1.165) is 0 Å². The van der Waals surface area contributed by atoms with Crippen molar-refractivity contribution in [3.8, 4) is 0 Å². The molecular weight excluding hydrogens is 297 g/mol. The van der Waals surface area contributed by atoms with Gasteiger partial charge in [-0.1, -0.05) is 23.2 Å². The highest BCUT2D eigenvalue weighted by Crippen LogP contribution is 2.27. The summed E-state index contributed by atoms with van der Waals surface area (Å²) in [5, 5.41) is 9.43. The lowest BCUT2D eigenvalue weighted by Gasteiger charge is -2.25. The maximum Gasteiger partial charge on any atom is 0.243 e. The smallest absolute Gasteiger partial charge is 0.243 e. The minimum absolute atomic E-state index is 0.0419. The SMILES string of the molecule is CC(C)N(CCO)S(=O)(=O)c1ccc(Cl)c(Cl)c1. The Hall–Kier alpha value is -0.330. The first-order chi connectivity index (χ1) is 8.30. The van der Waals surface area contributed by atoms with Crippen LogP contribution in [0.3, 0.4) is 0 Å². The Labute approximate surface area is 117 Å². The third-order valence-corrected chi connectivity index (χ3v) is 5.20. The van der Waals surface area contributed by atoms with E-state index in [0.29, 0.717) is 5.02 Å². The normalized spacial score (nSPS) is 12.4. The maximum absolute atomic E-state index is 12.3. The summed E-state index contributed by atoms with van der Waals surface area (Å²) < 4.78 is 25.9. The van der Waals surface area contributed by atoms with Gasteiger partial charge >= 0.3 is 0 Å². The van der Waals surface area contributed by atoms with Crippen molar-refractivity contribution in [3.05, 3.63) is 28.2 Å². The molecule has 0 spiro atoms. The molecule has 18 heavy (non-hydrogen) atoms. The second-order valence-corrected chi connectivity index (χ2v) is 6.71. The van der Waals surface area contributed by atoms with Crippen LogP contribution in [0.2, 0.25) is 10.0 Å². The maximum atomic E-state index is 12.3. The van der Waals surface area contributed by atoms with Crippen molar-refractivity contribution < 1.29 is 13.5 Å². The van der Waals surface area contributed by atoms with Crippen LogP contribution in [0.5, 0.6) is 0 Å². The second-order valence-electron chi connectivity index (χ2n) is 4.01. The first kappa shape index (κ1) is 15.7. The molecule has 4 nitrogen and oxygen atoms in total. The molecule has 0 saturated heterocycles. The summed E-state index contributed by atoms with van der Waals surface area (Å²) in [6.45, 7) is 3.29. The minimum atomic E-state index is -3.67. The number of aliphatic hydroxyl groups excluding tert-OH is 1. The van der Waals surface area contributed by atoms with Gasteiger partial charge in [-0.15, -0.1) is 0 Å². The monoisotopic (exact) mass is 311 g/mol. The molecule has 0 atom stereocenters. The highest BCUT2D eigenvalue weighted by atomic mass is 35.5. The van der Waals surface area contributed by atoms with E-state index >= 15 is 0 Å².